The minimum atomic E-state index is -1.70. The molecule has 1 aromatic heterocycles. The number of pyridine rings is 1. The van der Waals surface area contributed by atoms with Crippen molar-refractivity contribution in [2.75, 3.05) is 23.7 Å². The fraction of sp³-hybridized carbons (Fsp3) is 0.474. The van der Waals surface area contributed by atoms with E-state index < -0.39 is 46.1 Å². The summed E-state index contributed by atoms with van der Waals surface area (Å²) in [7, 11) is 0. The number of aliphatic hydroxyl groups excluding tert-OH is 1. The number of rotatable bonds is 3. The highest BCUT2D eigenvalue weighted by Crippen LogP contribution is 2.46. The van der Waals surface area contributed by atoms with Gasteiger partial charge in [-0.3, -0.25) is 4.79 Å². The Hall–Kier alpha value is -2.88. The first-order valence-corrected chi connectivity index (χ1v) is 9.47. The minimum absolute atomic E-state index is 0.0392. The maximum atomic E-state index is 15.6. The molecular formula is C19H19F2N3O5. The third-order valence-corrected chi connectivity index (χ3v) is 6.32. The molecule has 1 aromatic carbocycles. The van der Waals surface area contributed by atoms with Gasteiger partial charge in [0.2, 0.25) is 5.43 Å². The van der Waals surface area contributed by atoms with Crippen LogP contribution < -0.4 is 20.8 Å². The van der Waals surface area contributed by atoms with Crippen LogP contribution in [0.15, 0.2) is 11.0 Å². The molecule has 4 N–H and O–H groups in total. The van der Waals surface area contributed by atoms with E-state index in [0.717, 1.165) is 6.20 Å². The molecule has 2 aliphatic carbocycles. The number of carboxylic acid groups (broad SMARTS) is 1. The summed E-state index contributed by atoms with van der Waals surface area (Å²) in [5.41, 5.74) is 3.96. The van der Waals surface area contributed by atoms with E-state index in [0.29, 0.717) is 32.4 Å². The Kier molecular flexibility index (Phi) is 3.79. The molecular weight excluding hydrogens is 388 g/mol. The molecule has 0 spiro atoms. The van der Waals surface area contributed by atoms with E-state index in [-0.39, 0.29) is 29.1 Å². The Bertz CT molecular complexity index is 1110. The number of nitrogens with two attached hydrogens (primary N) is 1. The Morgan fingerprint density at radius 2 is 1.97 bits per heavy atom. The number of carbonyl (C=O) groups is 1. The number of fused-ring (bicyclic) bond motifs is 2. The summed E-state index contributed by atoms with van der Waals surface area (Å²) in [5, 5.41) is 18.3. The van der Waals surface area contributed by atoms with Crippen LogP contribution in [0.1, 0.15) is 25.3 Å². The molecule has 0 amide bonds. The monoisotopic (exact) mass is 407 g/mol. The van der Waals surface area contributed by atoms with Crippen LogP contribution in [-0.4, -0.2) is 40.1 Å². The Morgan fingerprint density at radius 3 is 2.55 bits per heavy atom. The predicted molar refractivity (Wildman–Crippen MR) is 99.3 cm³/mol. The van der Waals surface area contributed by atoms with Gasteiger partial charge in [-0.15, -0.1) is 0 Å². The molecule has 3 fully saturated rings. The number of halogens is 2. The first-order chi connectivity index (χ1) is 13.8. The lowest BCUT2D eigenvalue weighted by Gasteiger charge is -2.34. The van der Waals surface area contributed by atoms with Gasteiger partial charge in [0.15, 0.2) is 17.4 Å². The van der Waals surface area contributed by atoms with Crippen molar-refractivity contribution in [1.82, 2.24) is 4.57 Å². The molecule has 1 saturated heterocycles. The highest BCUT2D eigenvalue weighted by atomic mass is 19.1. The number of nitrogen functional groups attached to an aromatic ring is 1. The van der Waals surface area contributed by atoms with E-state index >= 15 is 8.78 Å². The van der Waals surface area contributed by atoms with Crippen molar-refractivity contribution in [3.8, 4) is 5.75 Å². The van der Waals surface area contributed by atoms with Gasteiger partial charge in [0.05, 0.1) is 28.9 Å². The highest BCUT2D eigenvalue weighted by molar-refractivity contribution is 5.96. The minimum Gasteiger partial charge on any atom is -0.449 e. The molecule has 1 aliphatic heterocycles. The quantitative estimate of drug-likeness (QED) is 0.527. The molecule has 2 aromatic rings. The second-order valence-corrected chi connectivity index (χ2v) is 8.07. The number of aromatic nitrogens is 1. The normalized spacial score (nSPS) is 25.8. The van der Waals surface area contributed by atoms with Gasteiger partial charge in [-0.25, -0.2) is 13.6 Å². The van der Waals surface area contributed by atoms with Crippen LogP contribution in [0.4, 0.5) is 25.0 Å². The molecule has 5 rings (SSSR count). The molecule has 10 heteroatoms. The maximum Gasteiger partial charge on any atom is 0.511 e. The summed E-state index contributed by atoms with van der Waals surface area (Å²) in [6, 6.07) is -0.155. The molecule has 154 valence electrons. The summed E-state index contributed by atoms with van der Waals surface area (Å²) < 4.78 is 36.8. The first-order valence-electron chi connectivity index (χ1n) is 9.47. The molecule has 3 atom stereocenters. The van der Waals surface area contributed by atoms with E-state index in [9.17, 15) is 14.7 Å². The van der Waals surface area contributed by atoms with Gasteiger partial charge < -0.3 is 30.2 Å². The number of aliphatic hydroxyl groups is 1. The summed E-state index contributed by atoms with van der Waals surface area (Å²) in [6.07, 6.45) is 0.974. The zero-order chi connectivity index (χ0) is 20.6. The molecule has 0 radical (unpaired) electrons. The average Bonchev–Trinajstić information content (AvgIpc) is 3.44. The van der Waals surface area contributed by atoms with Crippen molar-refractivity contribution in [3.05, 3.63) is 28.1 Å². The van der Waals surface area contributed by atoms with Crippen molar-refractivity contribution in [2.45, 2.75) is 31.4 Å². The van der Waals surface area contributed by atoms with E-state index in [4.69, 9.17) is 10.8 Å². The largest absolute Gasteiger partial charge is 0.511 e. The summed E-state index contributed by atoms with van der Waals surface area (Å²) in [5.74, 6) is -2.39. The molecule has 2 saturated carbocycles. The van der Waals surface area contributed by atoms with E-state index in [2.05, 4.69) is 4.74 Å². The Labute approximate surface area is 163 Å². The average molecular weight is 407 g/mol. The van der Waals surface area contributed by atoms with Gasteiger partial charge in [-0.1, -0.05) is 0 Å². The highest BCUT2D eigenvalue weighted by Gasteiger charge is 2.47. The second kappa shape index (κ2) is 6.06. The Morgan fingerprint density at radius 1 is 1.24 bits per heavy atom. The molecule has 2 heterocycles. The maximum absolute atomic E-state index is 15.6. The van der Waals surface area contributed by atoms with Crippen molar-refractivity contribution in [2.24, 2.45) is 11.8 Å². The van der Waals surface area contributed by atoms with Gasteiger partial charge in [-0.2, -0.15) is 0 Å². The van der Waals surface area contributed by atoms with Crippen molar-refractivity contribution in [1.29, 1.82) is 0 Å². The van der Waals surface area contributed by atoms with Crippen molar-refractivity contribution in [3.63, 3.8) is 0 Å². The van der Waals surface area contributed by atoms with Gasteiger partial charge in [-0.05, 0) is 25.2 Å². The zero-order valence-electron chi connectivity index (χ0n) is 15.3. The van der Waals surface area contributed by atoms with Crippen LogP contribution in [-0.2, 0) is 0 Å². The van der Waals surface area contributed by atoms with Gasteiger partial charge in [0.1, 0.15) is 5.69 Å². The van der Waals surface area contributed by atoms with E-state index in [1.807, 2.05) is 0 Å². The van der Waals surface area contributed by atoms with Crippen LogP contribution in [0, 0.1) is 23.5 Å². The number of hydrogen-bond donors (Lipinski definition) is 3. The number of hydrogen-bond acceptors (Lipinski definition) is 6. The van der Waals surface area contributed by atoms with Crippen molar-refractivity contribution < 1.29 is 28.5 Å². The zero-order valence-corrected chi connectivity index (χ0v) is 15.3. The molecule has 0 unspecified atom stereocenters. The SMILES string of the molecule is Nc1c(F)c(N2C[C@H]3C[C@@H](O)[C@H]3C2)c(F)c2c1c(=O)c(OC(=O)O)cn2C1CC1. The number of nitrogens with zero attached hydrogens (tertiary/aromatic N) is 2. The summed E-state index contributed by atoms with van der Waals surface area (Å²) in [4.78, 5) is 25.2. The van der Waals surface area contributed by atoms with Gasteiger partial charge in [0.25, 0.3) is 0 Å². The van der Waals surface area contributed by atoms with Crippen LogP contribution >= 0.6 is 0 Å². The predicted octanol–water partition coefficient (Wildman–Crippen LogP) is 2.07. The third kappa shape index (κ3) is 2.58. The first kappa shape index (κ1) is 18.2. The third-order valence-electron chi connectivity index (χ3n) is 6.32. The fourth-order valence-corrected chi connectivity index (χ4v) is 4.67. The number of ether oxygens (including phenoxy) is 1. The summed E-state index contributed by atoms with van der Waals surface area (Å²) >= 11 is 0. The van der Waals surface area contributed by atoms with Crippen LogP contribution in [0.25, 0.3) is 10.9 Å². The number of anilines is 2. The topological polar surface area (TPSA) is 118 Å². The summed E-state index contributed by atoms with van der Waals surface area (Å²) in [6.45, 7) is 0.701. The molecule has 29 heavy (non-hydrogen) atoms. The Balaban J connectivity index is 1.74. The smallest absolute Gasteiger partial charge is 0.449 e. The standard InChI is InChI=1S/C19H19F2N3O5/c20-13-15(22)12-16(14(21)17(13)23-4-7-3-10(25)9(7)5-23)24(8-1-2-8)6-11(18(12)26)29-19(27)28/h6-10,25H,1-5,22H2,(H,27,28)/t7-,9+,10-/m1/s1. The molecule has 3 aliphatic rings. The lowest BCUT2D eigenvalue weighted by Crippen LogP contribution is -2.39. The lowest BCUT2D eigenvalue weighted by atomic mass is 9.74. The van der Waals surface area contributed by atoms with Crippen LogP contribution in [0.5, 0.6) is 5.75 Å². The lowest BCUT2D eigenvalue weighted by molar-refractivity contribution is -0.00399. The molecule has 8 nitrogen and oxygen atoms in total. The second-order valence-electron chi connectivity index (χ2n) is 8.07. The molecule has 0 bridgehead atoms. The van der Waals surface area contributed by atoms with Crippen LogP contribution in [0.3, 0.4) is 0 Å². The van der Waals surface area contributed by atoms with Crippen LogP contribution in [0.2, 0.25) is 0 Å². The van der Waals surface area contributed by atoms with Gasteiger partial charge in [0, 0.05) is 25.0 Å². The fourth-order valence-electron chi connectivity index (χ4n) is 4.67. The number of benzene rings is 1. The van der Waals surface area contributed by atoms with Crippen molar-refractivity contribution >= 4 is 28.4 Å². The van der Waals surface area contributed by atoms with E-state index in [1.165, 1.54) is 9.47 Å². The van der Waals surface area contributed by atoms with E-state index in [1.54, 1.807) is 0 Å². The van der Waals surface area contributed by atoms with Gasteiger partial charge >= 0.3 is 6.16 Å².